The Morgan fingerprint density at radius 1 is 1.18 bits per heavy atom. The lowest BCUT2D eigenvalue weighted by molar-refractivity contribution is 0.727. The Kier molecular flexibility index (Phi) is 6.53. The van der Waals surface area contributed by atoms with Crippen LogP contribution in [0.4, 0.5) is 23.0 Å². The van der Waals surface area contributed by atoms with E-state index in [4.69, 9.17) is 16.1 Å². The molecule has 0 radical (unpaired) electrons. The maximum absolute atomic E-state index is 7.44. The van der Waals surface area contributed by atoms with Crippen molar-refractivity contribution in [2.75, 3.05) is 22.5 Å². The van der Waals surface area contributed by atoms with Crippen LogP contribution in [0.5, 0.6) is 0 Å². The van der Waals surface area contributed by atoms with Gasteiger partial charge in [0.2, 0.25) is 0 Å². The molecule has 1 aromatic carbocycles. The van der Waals surface area contributed by atoms with Crippen molar-refractivity contribution in [1.29, 1.82) is 5.41 Å². The molecular formula is C25H30N8. The SMILES string of the molecule is CC.CC1CCCN1c1cccc(Nc2cc(-c3ccc(C=N)c(N)c3)nn3ccnc23)n1. The zero-order chi connectivity index (χ0) is 23.4. The van der Waals surface area contributed by atoms with Crippen LogP contribution in [0.25, 0.3) is 16.9 Å². The van der Waals surface area contributed by atoms with Crippen molar-refractivity contribution >= 4 is 34.9 Å². The van der Waals surface area contributed by atoms with Crippen LogP contribution in [0.15, 0.2) is 54.9 Å². The minimum atomic E-state index is 0.503. The summed E-state index contributed by atoms with van der Waals surface area (Å²) in [5.74, 6) is 1.75. The predicted octanol–water partition coefficient (Wildman–Crippen LogP) is 5.13. The molecule has 33 heavy (non-hydrogen) atoms. The van der Waals surface area contributed by atoms with E-state index in [2.05, 4.69) is 33.3 Å². The molecule has 170 valence electrons. The van der Waals surface area contributed by atoms with Crippen molar-refractivity contribution in [3.05, 3.63) is 60.4 Å². The van der Waals surface area contributed by atoms with Crippen LogP contribution in [0, 0.1) is 5.41 Å². The molecule has 1 atom stereocenters. The lowest BCUT2D eigenvalue weighted by atomic mass is 10.1. The number of imidazole rings is 1. The highest BCUT2D eigenvalue weighted by molar-refractivity contribution is 5.87. The Hall–Kier alpha value is -3.94. The zero-order valence-electron chi connectivity index (χ0n) is 19.3. The number of fused-ring (bicyclic) bond motifs is 1. The molecule has 4 N–H and O–H groups in total. The minimum absolute atomic E-state index is 0.503. The second-order valence-corrected chi connectivity index (χ2v) is 7.82. The number of rotatable bonds is 5. The topological polar surface area (TPSA) is 108 Å². The first-order valence-corrected chi connectivity index (χ1v) is 11.4. The number of nitrogens with two attached hydrogens (primary N) is 1. The molecule has 0 spiro atoms. The fourth-order valence-electron chi connectivity index (χ4n) is 4.08. The van der Waals surface area contributed by atoms with Crippen LogP contribution in [0.2, 0.25) is 0 Å². The van der Waals surface area contributed by atoms with Gasteiger partial charge in [0, 0.05) is 48.0 Å². The molecule has 8 heteroatoms. The van der Waals surface area contributed by atoms with Crippen molar-refractivity contribution in [1.82, 2.24) is 19.6 Å². The van der Waals surface area contributed by atoms with E-state index in [0.29, 0.717) is 17.3 Å². The standard InChI is InChI=1S/C23H24N8.C2H6/c1-15-4-3-10-30(15)22-6-2-5-21(28-22)27-20-13-19(29-31-11-9-26-23(20)31)16-7-8-17(14-24)18(25)12-16;1-2/h2,5-9,11-15,24H,3-4,10,25H2,1H3,(H,27,28);1-2H3. The lowest BCUT2D eigenvalue weighted by Gasteiger charge is -2.23. The van der Waals surface area contributed by atoms with Gasteiger partial charge in [-0.3, -0.25) is 0 Å². The second kappa shape index (κ2) is 9.68. The number of pyridine rings is 1. The first-order chi connectivity index (χ1) is 16.1. The summed E-state index contributed by atoms with van der Waals surface area (Å²) >= 11 is 0. The van der Waals surface area contributed by atoms with Crippen LogP contribution in [-0.4, -0.2) is 38.4 Å². The molecule has 4 aromatic rings. The van der Waals surface area contributed by atoms with Gasteiger partial charge < -0.3 is 21.4 Å². The Bertz CT molecular complexity index is 1260. The summed E-state index contributed by atoms with van der Waals surface area (Å²) in [6, 6.07) is 14.1. The average Bonchev–Trinajstić information content (AvgIpc) is 3.49. The number of hydrogen-bond acceptors (Lipinski definition) is 7. The smallest absolute Gasteiger partial charge is 0.177 e. The van der Waals surface area contributed by atoms with Crippen LogP contribution in [-0.2, 0) is 0 Å². The van der Waals surface area contributed by atoms with E-state index >= 15 is 0 Å². The van der Waals surface area contributed by atoms with Gasteiger partial charge in [0.15, 0.2) is 5.65 Å². The third-order valence-corrected chi connectivity index (χ3v) is 5.74. The number of nitrogen functional groups attached to an aromatic ring is 1. The van der Waals surface area contributed by atoms with Crippen molar-refractivity contribution in [3.8, 4) is 11.3 Å². The van der Waals surface area contributed by atoms with Crippen LogP contribution in [0.1, 0.15) is 39.2 Å². The Balaban J connectivity index is 0.00000126. The number of hydrogen-bond donors (Lipinski definition) is 3. The fourth-order valence-corrected chi connectivity index (χ4v) is 4.08. The zero-order valence-corrected chi connectivity index (χ0v) is 19.3. The Morgan fingerprint density at radius 3 is 2.76 bits per heavy atom. The molecule has 8 nitrogen and oxygen atoms in total. The fraction of sp³-hybridized carbons (Fsp3) is 0.280. The monoisotopic (exact) mass is 442 g/mol. The van der Waals surface area contributed by atoms with Crippen molar-refractivity contribution in [2.24, 2.45) is 0 Å². The highest BCUT2D eigenvalue weighted by Crippen LogP contribution is 2.29. The third-order valence-electron chi connectivity index (χ3n) is 5.74. The normalized spacial score (nSPS) is 15.2. The highest BCUT2D eigenvalue weighted by Gasteiger charge is 2.21. The van der Waals surface area contributed by atoms with E-state index in [-0.39, 0.29) is 0 Å². The van der Waals surface area contributed by atoms with E-state index < -0.39 is 0 Å². The molecule has 1 aliphatic heterocycles. The molecule has 3 aromatic heterocycles. The molecule has 5 rings (SSSR count). The van der Waals surface area contributed by atoms with Gasteiger partial charge in [-0.05, 0) is 44.0 Å². The van der Waals surface area contributed by atoms with E-state index in [1.54, 1.807) is 10.7 Å². The van der Waals surface area contributed by atoms with Gasteiger partial charge in [-0.25, -0.2) is 14.5 Å². The number of benzene rings is 1. The molecule has 1 unspecified atom stereocenters. The largest absolute Gasteiger partial charge is 0.398 e. The van der Waals surface area contributed by atoms with Gasteiger partial charge in [0.05, 0.1) is 11.4 Å². The molecule has 1 fully saturated rings. The third kappa shape index (κ3) is 4.50. The van der Waals surface area contributed by atoms with Gasteiger partial charge >= 0.3 is 0 Å². The van der Waals surface area contributed by atoms with Gasteiger partial charge in [-0.15, -0.1) is 0 Å². The number of aromatic nitrogens is 4. The van der Waals surface area contributed by atoms with Gasteiger partial charge in [-0.1, -0.05) is 32.0 Å². The summed E-state index contributed by atoms with van der Waals surface area (Å²) in [5, 5.41) is 15.5. The molecule has 1 aliphatic rings. The van der Waals surface area contributed by atoms with Gasteiger partial charge in [0.25, 0.3) is 0 Å². The molecule has 0 aliphatic carbocycles. The van der Waals surface area contributed by atoms with Crippen LogP contribution >= 0.6 is 0 Å². The molecule has 0 bridgehead atoms. The molecular weight excluding hydrogens is 412 g/mol. The molecule has 0 saturated carbocycles. The molecule has 0 amide bonds. The summed E-state index contributed by atoms with van der Waals surface area (Å²) in [6.45, 7) is 7.28. The Labute approximate surface area is 194 Å². The lowest BCUT2D eigenvalue weighted by Crippen LogP contribution is -2.27. The van der Waals surface area contributed by atoms with Gasteiger partial charge in [-0.2, -0.15) is 5.10 Å². The first-order valence-electron chi connectivity index (χ1n) is 11.4. The summed E-state index contributed by atoms with van der Waals surface area (Å²) in [7, 11) is 0. The molecule has 4 heterocycles. The summed E-state index contributed by atoms with van der Waals surface area (Å²) in [4.78, 5) is 11.6. The maximum atomic E-state index is 7.44. The average molecular weight is 443 g/mol. The van der Waals surface area contributed by atoms with E-state index in [0.717, 1.165) is 40.8 Å². The quantitative estimate of drug-likeness (QED) is 0.292. The highest BCUT2D eigenvalue weighted by atomic mass is 15.3. The van der Waals surface area contributed by atoms with E-state index in [9.17, 15) is 0 Å². The maximum Gasteiger partial charge on any atom is 0.177 e. The predicted molar refractivity (Wildman–Crippen MR) is 136 cm³/mol. The van der Waals surface area contributed by atoms with E-state index in [1.165, 1.54) is 19.1 Å². The van der Waals surface area contributed by atoms with Crippen LogP contribution in [0.3, 0.4) is 0 Å². The summed E-state index contributed by atoms with van der Waals surface area (Å²) in [5.41, 5.74) is 10.5. The van der Waals surface area contributed by atoms with Crippen molar-refractivity contribution < 1.29 is 0 Å². The minimum Gasteiger partial charge on any atom is -0.398 e. The summed E-state index contributed by atoms with van der Waals surface area (Å²) in [6.07, 6.45) is 7.18. The number of anilines is 4. The number of nitrogens with zero attached hydrogens (tertiary/aromatic N) is 5. The first kappa shape index (κ1) is 22.3. The van der Waals surface area contributed by atoms with E-state index in [1.807, 2.05) is 56.4 Å². The Morgan fingerprint density at radius 2 is 2.03 bits per heavy atom. The van der Waals surface area contributed by atoms with Crippen LogP contribution < -0.4 is 16.0 Å². The van der Waals surface area contributed by atoms with Crippen molar-refractivity contribution in [3.63, 3.8) is 0 Å². The second-order valence-electron chi connectivity index (χ2n) is 7.82. The van der Waals surface area contributed by atoms with Gasteiger partial charge in [0.1, 0.15) is 11.6 Å². The molecule has 1 saturated heterocycles. The number of nitrogens with one attached hydrogen (secondary N) is 2. The van der Waals surface area contributed by atoms with Crippen molar-refractivity contribution in [2.45, 2.75) is 39.7 Å². The summed E-state index contributed by atoms with van der Waals surface area (Å²) < 4.78 is 1.74.